The third-order valence-corrected chi connectivity index (χ3v) is 16.8. The molecule has 15 heteroatoms. The number of nitrogens with zero attached hydrogens (tertiary/aromatic N) is 3. The largest absolute Gasteiger partial charge is 0.496 e. The van der Waals surface area contributed by atoms with Crippen molar-refractivity contribution in [2.24, 2.45) is 11.3 Å². The van der Waals surface area contributed by atoms with E-state index in [4.69, 9.17) is 18.9 Å². The van der Waals surface area contributed by atoms with Gasteiger partial charge in [0, 0.05) is 83.1 Å². The molecule has 6 aliphatic rings. The molecule has 2 aromatic carbocycles. The van der Waals surface area contributed by atoms with Crippen LogP contribution in [-0.4, -0.2) is 139 Å². The minimum atomic E-state index is -2.54. The summed E-state index contributed by atoms with van der Waals surface area (Å²) in [6.45, 7) is 10.3. The first-order valence-corrected chi connectivity index (χ1v) is 23.4. The first kappa shape index (κ1) is 43.8. The van der Waals surface area contributed by atoms with Crippen molar-refractivity contribution >= 4 is 52.7 Å². The van der Waals surface area contributed by atoms with Crippen molar-refractivity contribution in [3.8, 4) is 5.75 Å². The Labute approximate surface area is 372 Å². The molecule has 1 aromatic heterocycles. The van der Waals surface area contributed by atoms with Crippen molar-refractivity contribution < 1.29 is 48.3 Å². The molecular weight excluding hydrogens is 825 g/mol. The molecule has 3 fully saturated rings. The summed E-state index contributed by atoms with van der Waals surface area (Å²) in [7, 11) is 4.11. The van der Waals surface area contributed by atoms with Crippen LogP contribution in [0.1, 0.15) is 82.2 Å². The number of aromatic nitrogens is 1. The molecule has 0 radical (unpaired) electrons. The highest BCUT2D eigenvalue weighted by Gasteiger charge is 2.81. The highest BCUT2D eigenvalue weighted by Crippen LogP contribution is 2.68. The van der Waals surface area contributed by atoms with E-state index in [-0.39, 0.29) is 12.3 Å². The number of rotatable bonds is 10. The van der Waals surface area contributed by atoms with Gasteiger partial charge in [-0.1, -0.05) is 32.9 Å². The number of esters is 3. The monoisotopic (exact) mass is 884 g/mol. The molecule has 2 saturated heterocycles. The van der Waals surface area contributed by atoms with Crippen LogP contribution in [-0.2, 0) is 50.6 Å². The van der Waals surface area contributed by atoms with Crippen LogP contribution in [0.5, 0.6) is 5.75 Å². The molecule has 9 rings (SSSR count). The summed E-state index contributed by atoms with van der Waals surface area (Å²) in [6.07, 6.45) is 5.83. The smallest absolute Gasteiger partial charge is 0.344 e. The number of nitrogens with one attached hydrogen (secondary N) is 1. The molecule has 338 valence electrons. The number of benzene rings is 2. The molecule has 3 aromatic rings. The molecule has 10 atom stereocenters. The number of aromatic amines is 1. The van der Waals surface area contributed by atoms with Crippen molar-refractivity contribution in [2.75, 3.05) is 64.7 Å². The van der Waals surface area contributed by atoms with Gasteiger partial charge in [-0.15, -0.1) is 11.8 Å². The summed E-state index contributed by atoms with van der Waals surface area (Å²) in [5, 5.41) is 26.4. The second-order valence-corrected chi connectivity index (χ2v) is 20.0. The number of hydrogen-bond donors (Lipinski definition) is 3. The van der Waals surface area contributed by atoms with E-state index in [1.807, 2.05) is 32.1 Å². The first-order valence-electron chi connectivity index (χ1n) is 22.4. The van der Waals surface area contributed by atoms with E-state index < -0.39 is 63.5 Å². The number of hydrogen-bond acceptors (Lipinski definition) is 13. The molecule has 6 heterocycles. The second-order valence-electron chi connectivity index (χ2n) is 18.7. The van der Waals surface area contributed by atoms with Gasteiger partial charge < -0.3 is 39.0 Å². The number of aliphatic hydroxyl groups is 2. The predicted octanol–water partition coefficient (Wildman–Crippen LogP) is 4.63. The molecule has 3 N–H and O–H groups in total. The lowest BCUT2D eigenvalue weighted by Gasteiger charge is -2.63. The molecular formula is C48H60N4O10S. The van der Waals surface area contributed by atoms with E-state index in [2.05, 4.69) is 39.9 Å². The lowest BCUT2D eigenvalue weighted by Crippen LogP contribution is -2.81. The Bertz CT molecular complexity index is 2400. The van der Waals surface area contributed by atoms with Gasteiger partial charge >= 0.3 is 17.9 Å². The molecule has 14 nitrogen and oxygen atoms in total. The van der Waals surface area contributed by atoms with E-state index in [1.165, 1.54) is 33.2 Å². The number of ether oxygens (including phenoxy) is 4. The zero-order valence-corrected chi connectivity index (χ0v) is 38.1. The minimum absolute atomic E-state index is 0.163. The van der Waals surface area contributed by atoms with Crippen LogP contribution in [0.4, 0.5) is 5.69 Å². The van der Waals surface area contributed by atoms with Gasteiger partial charge in [-0.3, -0.25) is 24.2 Å². The summed E-state index contributed by atoms with van der Waals surface area (Å²) in [5.41, 5.74) is -3.16. The maximum atomic E-state index is 15.5. The fraction of sp³-hybridized carbons (Fsp3) is 0.583. The lowest BCUT2D eigenvalue weighted by molar-refractivity contribution is -0.228. The highest BCUT2D eigenvalue weighted by atomic mass is 32.2. The number of carbonyl (C=O) groups is 4. The van der Waals surface area contributed by atoms with E-state index in [0.29, 0.717) is 99.5 Å². The Morgan fingerprint density at radius 1 is 0.968 bits per heavy atom. The predicted molar refractivity (Wildman–Crippen MR) is 237 cm³/mol. The average molecular weight is 885 g/mol. The zero-order valence-electron chi connectivity index (χ0n) is 37.3. The quantitative estimate of drug-likeness (QED) is 0.0848. The van der Waals surface area contributed by atoms with Crippen molar-refractivity contribution in [1.29, 1.82) is 0 Å². The molecule has 5 aliphatic heterocycles. The van der Waals surface area contributed by atoms with Gasteiger partial charge in [0.15, 0.2) is 6.10 Å². The van der Waals surface area contributed by atoms with Gasteiger partial charge in [-0.2, -0.15) is 0 Å². The number of anilines is 1. The number of methoxy groups -OCH3 is 3. The first-order chi connectivity index (χ1) is 30.2. The topological polar surface area (TPSA) is 171 Å². The fourth-order valence-corrected chi connectivity index (χ4v) is 14.3. The Morgan fingerprint density at radius 2 is 1.75 bits per heavy atom. The van der Waals surface area contributed by atoms with E-state index >= 15 is 4.79 Å². The third-order valence-electron chi connectivity index (χ3n) is 15.9. The van der Waals surface area contributed by atoms with Crippen LogP contribution in [0, 0.1) is 11.3 Å². The van der Waals surface area contributed by atoms with E-state index in [1.54, 1.807) is 17.8 Å². The summed E-state index contributed by atoms with van der Waals surface area (Å²) >= 11 is 1.75. The molecule has 1 spiro atoms. The normalized spacial score (nSPS) is 35.3. The van der Waals surface area contributed by atoms with Crippen LogP contribution in [0.2, 0.25) is 0 Å². The molecule has 1 saturated carbocycles. The second kappa shape index (κ2) is 15.6. The number of thioether (sulfide) groups is 1. The molecule has 2 bridgehead atoms. The minimum Gasteiger partial charge on any atom is -0.496 e. The number of H-pyrrole nitrogens is 1. The van der Waals surface area contributed by atoms with Crippen LogP contribution in [0.3, 0.4) is 0 Å². The van der Waals surface area contributed by atoms with Crippen molar-refractivity contribution in [3.63, 3.8) is 0 Å². The Balaban J connectivity index is 1.38. The Morgan fingerprint density at radius 3 is 2.41 bits per heavy atom. The molecule has 1 amide bonds. The van der Waals surface area contributed by atoms with Gasteiger partial charge in [0.05, 0.1) is 38.7 Å². The molecule has 63 heavy (non-hydrogen) atoms. The highest BCUT2D eigenvalue weighted by molar-refractivity contribution is 7.99. The van der Waals surface area contributed by atoms with Gasteiger partial charge in [0.25, 0.3) is 0 Å². The van der Waals surface area contributed by atoms with Gasteiger partial charge in [-0.25, -0.2) is 4.79 Å². The number of piperidine rings is 1. The van der Waals surface area contributed by atoms with Crippen molar-refractivity contribution in [3.05, 3.63) is 64.9 Å². The van der Waals surface area contributed by atoms with Crippen LogP contribution < -0.4 is 9.64 Å². The summed E-state index contributed by atoms with van der Waals surface area (Å²) in [4.78, 5) is 67.7. The van der Waals surface area contributed by atoms with Gasteiger partial charge in [-0.05, 0) is 92.1 Å². The zero-order chi connectivity index (χ0) is 44.9. The summed E-state index contributed by atoms with van der Waals surface area (Å²) < 4.78 is 23.8. The lowest BCUT2D eigenvalue weighted by atomic mass is 9.47. The Hall–Kier alpha value is -4.41. The summed E-state index contributed by atoms with van der Waals surface area (Å²) in [6, 6.07) is 8.33. The van der Waals surface area contributed by atoms with Gasteiger partial charge in [0.2, 0.25) is 12.0 Å². The molecule has 1 aliphatic carbocycles. The standard InChI is InChI=1S/C48H60N4O10S/c1-8-44(57)23-29-24-47(42(55)60-6,38-31(14-18-50(25-29)26-44)32-20-30(63-10-3)12-13-35(32)49-38)34-21-33-36(22-37(34)59-5)52(27-53)40-46(33)16-19-51-17-11-15-45(9-2,39(46)51)41(62-28(4)54)48(40,58)43(56)61-7/h11-13,15,20-22,27,29,39-41,49,57-58H,8-10,14,16-19,23-26H2,1-7H3/t29-,39+,40?,41-,44+,45-,46-,47+,48+/m1/s1. The SMILES string of the molecule is CCSc1ccc2[nH]c3c(c2c1)CCN1C[C@H](C[C@@](O)(CC)C1)C[C@]3(C(=O)OC)c1cc2c(cc1OC)N(C=O)C1[C@]23CCN2CC=C[C@@](CC)([C@@H](OC(C)=O)[C@]1(O)C(=O)OC)[C@H]23. The van der Waals surface area contributed by atoms with E-state index in [0.717, 1.165) is 27.1 Å². The van der Waals surface area contributed by atoms with Crippen LogP contribution in [0.25, 0.3) is 10.9 Å². The van der Waals surface area contributed by atoms with Crippen molar-refractivity contribution in [1.82, 2.24) is 14.8 Å². The van der Waals surface area contributed by atoms with E-state index in [9.17, 15) is 24.6 Å². The van der Waals surface area contributed by atoms with Gasteiger partial charge in [0.1, 0.15) is 11.2 Å². The Kier molecular flexibility index (Phi) is 10.9. The third kappa shape index (κ3) is 5.97. The van der Waals surface area contributed by atoms with Crippen molar-refractivity contribution in [2.45, 2.75) is 111 Å². The number of amides is 1. The average Bonchev–Trinajstić information content (AvgIpc) is 3.95. The summed E-state index contributed by atoms with van der Waals surface area (Å²) in [5.74, 6) is -1.18. The number of carbonyl (C=O) groups excluding carboxylic acids is 4. The molecule has 2 unspecified atom stereocenters. The maximum Gasteiger partial charge on any atom is 0.344 e. The maximum absolute atomic E-state index is 15.5. The van der Waals surface area contributed by atoms with Crippen LogP contribution >= 0.6 is 11.8 Å². The number of fused-ring (bicyclic) bond motifs is 6. The van der Waals surface area contributed by atoms with Crippen LogP contribution in [0.15, 0.2) is 47.4 Å². The fourth-order valence-electron chi connectivity index (χ4n) is 13.6.